The van der Waals surface area contributed by atoms with Gasteiger partial charge < -0.3 is 10.2 Å². The Hall–Kier alpha value is -0.730. The summed E-state index contributed by atoms with van der Waals surface area (Å²) in [6.07, 6.45) is 3.70. The van der Waals surface area contributed by atoms with Crippen molar-refractivity contribution >= 4 is 17.3 Å². The van der Waals surface area contributed by atoms with Crippen LogP contribution in [0, 0.1) is 0 Å². The Kier molecular flexibility index (Phi) is 5.12. The van der Waals surface area contributed by atoms with Gasteiger partial charge in [0.1, 0.15) is 0 Å². The van der Waals surface area contributed by atoms with Crippen LogP contribution in [0.2, 0.25) is 5.02 Å². The van der Waals surface area contributed by atoms with E-state index >= 15 is 0 Å². The van der Waals surface area contributed by atoms with Crippen molar-refractivity contribution in [2.75, 3.05) is 18.0 Å². The minimum atomic E-state index is 0.363. The highest BCUT2D eigenvalue weighted by molar-refractivity contribution is 6.33. The molecule has 3 heteroatoms. The normalized spacial score (nSPS) is 20.8. The maximum absolute atomic E-state index is 6.48. The van der Waals surface area contributed by atoms with E-state index in [-0.39, 0.29) is 0 Å². The van der Waals surface area contributed by atoms with Crippen molar-refractivity contribution in [1.82, 2.24) is 5.32 Å². The van der Waals surface area contributed by atoms with Crippen LogP contribution in [0.3, 0.4) is 0 Å². The van der Waals surface area contributed by atoms with Crippen molar-refractivity contribution in [3.8, 4) is 0 Å². The molecule has 1 heterocycles. The van der Waals surface area contributed by atoms with Gasteiger partial charge in [-0.15, -0.1) is 0 Å². The topological polar surface area (TPSA) is 15.3 Å². The van der Waals surface area contributed by atoms with Gasteiger partial charge in [0.05, 0.1) is 10.7 Å². The second-order valence-corrected chi connectivity index (χ2v) is 5.98. The van der Waals surface area contributed by atoms with Gasteiger partial charge in [0.15, 0.2) is 0 Å². The second kappa shape index (κ2) is 6.62. The van der Waals surface area contributed by atoms with Gasteiger partial charge >= 0.3 is 0 Å². The molecule has 106 valence electrons. The van der Waals surface area contributed by atoms with E-state index in [1.54, 1.807) is 0 Å². The van der Waals surface area contributed by atoms with Gasteiger partial charge in [0.25, 0.3) is 0 Å². The maximum atomic E-state index is 6.48. The van der Waals surface area contributed by atoms with Gasteiger partial charge in [-0.25, -0.2) is 0 Å². The fourth-order valence-electron chi connectivity index (χ4n) is 2.80. The average Bonchev–Trinajstić information content (AvgIpc) is 2.82. The van der Waals surface area contributed by atoms with Crippen molar-refractivity contribution in [3.63, 3.8) is 0 Å². The first-order chi connectivity index (χ1) is 9.13. The van der Waals surface area contributed by atoms with E-state index < -0.39 is 0 Å². The number of hydrogen-bond acceptors (Lipinski definition) is 2. The molecular weight excluding hydrogens is 256 g/mol. The molecule has 0 aromatic heterocycles. The molecule has 1 fully saturated rings. The summed E-state index contributed by atoms with van der Waals surface area (Å²) < 4.78 is 0. The Morgan fingerprint density at radius 1 is 1.47 bits per heavy atom. The number of halogens is 1. The summed E-state index contributed by atoms with van der Waals surface area (Å²) in [4.78, 5) is 2.43. The first kappa shape index (κ1) is 14.7. The van der Waals surface area contributed by atoms with E-state index in [0.29, 0.717) is 12.1 Å². The third kappa shape index (κ3) is 3.43. The molecule has 1 aliphatic heterocycles. The predicted molar refractivity (Wildman–Crippen MR) is 84.2 cm³/mol. The number of hydrogen-bond donors (Lipinski definition) is 1. The minimum Gasteiger partial charge on any atom is -0.368 e. The lowest BCUT2D eigenvalue weighted by atomic mass is 10.1. The number of anilines is 1. The molecule has 0 saturated carbocycles. The molecule has 1 aromatic carbocycles. The van der Waals surface area contributed by atoms with Gasteiger partial charge in [-0.3, -0.25) is 0 Å². The predicted octanol–water partition coefficient (Wildman–Crippen LogP) is 4.39. The van der Waals surface area contributed by atoms with E-state index in [0.717, 1.165) is 24.5 Å². The maximum Gasteiger partial charge on any atom is 0.0642 e. The van der Waals surface area contributed by atoms with Crippen LogP contribution < -0.4 is 10.2 Å². The molecule has 2 atom stereocenters. The quantitative estimate of drug-likeness (QED) is 0.860. The third-order valence-corrected chi connectivity index (χ3v) is 4.34. The molecule has 2 nitrogen and oxygen atoms in total. The molecule has 1 N–H and O–H groups in total. The van der Waals surface area contributed by atoms with E-state index in [9.17, 15) is 0 Å². The van der Waals surface area contributed by atoms with Crippen LogP contribution in [0.5, 0.6) is 0 Å². The zero-order valence-corrected chi connectivity index (χ0v) is 13.0. The van der Waals surface area contributed by atoms with Gasteiger partial charge in [0.2, 0.25) is 0 Å². The van der Waals surface area contributed by atoms with Crippen LogP contribution in [0.4, 0.5) is 5.69 Å². The summed E-state index contributed by atoms with van der Waals surface area (Å²) in [5.74, 6) is 0. The summed E-state index contributed by atoms with van der Waals surface area (Å²) in [5, 5.41) is 4.39. The van der Waals surface area contributed by atoms with E-state index in [4.69, 9.17) is 11.6 Å². The van der Waals surface area contributed by atoms with Gasteiger partial charge in [-0.1, -0.05) is 24.6 Å². The van der Waals surface area contributed by atoms with Crippen LogP contribution in [-0.4, -0.2) is 19.1 Å². The lowest BCUT2D eigenvalue weighted by Gasteiger charge is -2.25. The Morgan fingerprint density at radius 3 is 2.84 bits per heavy atom. The first-order valence-corrected chi connectivity index (χ1v) is 7.80. The fourth-order valence-corrected chi connectivity index (χ4v) is 3.09. The lowest BCUT2D eigenvalue weighted by molar-refractivity contribution is 0.570. The molecule has 0 amide bonds. The SMILES string of the molecule is CCCNC(C)c1ccc(N2CCCC2C)c(Cl)c1. The lowest BCUT2D eigenvalue weighted by Crippen LogP contribution is -2.26. The molecule has 1 aromatic rings. The molecule has 19 heavy (non-hydrogen) atoms. The monoisotopic (exact) mass is 280 g/mol. The highest BCUT2D eigenvalue weighted by atomic mass is 35.5. The van der Waals surface area contributed by atoms with Crippen molar-refractivity contribution in [1.29, 1.82) is 0 Å². The smallest absolute Gasteiger partial charge is 0.0642 e. The molecule has 1 aliphatic rings. The van der Waals surface area contributed by atoms with Crippen LogP contribution >= 0.6 is 11.6 Å². The highest BCUT2D eigenvalue weighted by Crippen LogP contribution is 2.33. The average molecular weight is 281 g/mol. The van der Waals surface area contributed by atoms with Gasteiger partial charge in [-0.2, -0.15) is 0 Å². The number of benzene rings is 1. The van der Waals surface area contributed by atoms with E-state index in [1.807, 2.05) is 0 Å². The second-order valence-electron chi connectivity index (χ2n) is 5.57. The minimum absolute atomic E-state index is 0.363. The fraction of sp³-hybridized carbons (Fsp3) is 0.625. The Bertz CT molecular complexity index is 419. The van der Waals surface area contributed by atoms with Gasteiger partial charge in [-0.05, 0) is 57.4 Å². The molecule has 1 saturated heterocycles. The first-order valence-electron chi connectivity index (χ1n) is 7.43. The zero-order valence-electron chi connectivity index (χ0n) is 12.2. The summed E-state index contributed by atoms with van der Waals surface area (Å²) in [5.41, 5.74) is 2.46. The molecule has 0 spiro atoms. The Balaban J connectivity index is 2.12. The third-order valence-electron chi connectivity index (χ3n) is 4.03. The Labute approximate surface area is 122 Å². The van der Waals surface area contributed by atoms with Crippen molar-refractivity contribution in [2.45, 2.75) is 52.1 Å². The van der Waals surface area contributed by atoms with Crippen molar-refractivity contribution < 1.29 is 0 Å². The van der Waals surface area contributed by atoms with E-state index in [1.165, 1.54) is 24.1 Å². The molecule has 2 rings (SSSR count). The van der Waals surface area contributed by atoms with E-state index in [2.05, 4.69) is 49.2 Å². The number of nitrogens with one attached hydrogen (secondary N) is 1. The molecular formula is C16H25ClN2. The Morgan fingerprint density at radius 2 is 2.26 bits per heavy atom. The summed E-state index contributed by atoms with van der Waals surface area (Å²) in [7, 11) is 0. The zero-order chi connectivity index (χ0) is 13.8. The van der Waals surface area contributed by atoms with Crippen LogP contribution in [0.25, 0.3) is 0 Å². The molecule has 0 bridgehead atoms. The van der Waals surface area contributed by atoms with Crippen molar-refractivity contribution in [3.05, 3.63) is 28.8 Å². The summed E-state index contributed by atoms with van der Waals surface area (Å²) >= 11 is 6.48. The molecule has 0 radical (unpaired) electrons. The van der Waals surface area contributed by atoms with Crippen LogP contribution in [-0.2, 0) is 0 Å². The number of nitrogens with zero attached hydrogens (tertiary/aromatic N) is 1. The molecule has 0 aliphatic carbocycles. The molecule has 2 unspecified atom stereocenters. The summed E-state index contributed by atoms with van der Waals surface area (Å²) in [6.45, 7) is 8.83. The van der Waals surface area contributed by atoms with Crippen molar-refractivity contribution in [2.24, 2.45) is 0 Å². The van der Waals surface area contributed by atoms with Crippen LogP contribution in [0.15, 0.2) is 18.2 Å². The van der Waals surface area contributed by atoms with Gasteiger partial charge in [0, 0.05) is 18.6 Å². The number of rotatable bonds is 5. The summed E-state index contributed by atoms with van der Waals surface area (Å²) in [6, 6.07) is 7.49. The van der Waals surface area contributed by atoms with Crippen LogP contribution in [0.1, 0.15) is 51.6 Å². The largest absolute Gasteiger partial charge is 0.368 e. The highest BCUT2D eigenvalue weighted by Gasteiger charge is 2.22. The standard InChI is InChI=1S/C16H25ClN2/c1-4-9-18-13(3)14-7-8-16(15(17)11-14)19-10-5-6-12(19)2/h7-8,11-13,18H,4-6,9-10H2,1-3H3.